The highest BCUT2D eigenvalue weighted by Gasteiger charge is 2.24. The number of methoxy groups -OCH3 is 1. The van der Waals surface area contributed by atoms with Crippen molar-refractivity contribution in [1.82, 2.24) is 15.5 Å². The first-order valence-electron chi connectivity index (χ1n) is 11.8. The van der Waals surface area contributed by atoms with Gasteiger partial charge in [0.25, 0.3) is 5.91 Å². The minimum Gasteiger partial charge on any atom is -0.497 e. The van der Waals surface area contributed by atoms with Gasteiger partial charge in [-0.1, -0.05) is 45.0 Å². The quantitative estimate of drug-likeness (QED) is 0.603. The minimum absolute atomic E-state index is 0.0475. The van der Waals surface area contributed by atoms with Crippen molar-refractivity contribution in [3.8, 4) is 5.75 Å². The molecule has 1 heterocycles. The molecule has 1 aliphatic rings. The Kier molecular flexibility index (Phi) is 8.50. The zero-order valence-electron chi connectivity index (χ0n) is 20.3. The molecule has 6 heteroatoms. The Morgan fingerprint density at radius 1 is 0.970 bits per heavy atom. The van der Waals surface area contributed by atoms with E-state index in [0.717, 1.165) is 18.8 Å². The van der Waals surface area contributed by atoms with Gasteiger partial charge in [-0.05, 0) is 66.7 Å². The Morgan fingerprint density at radius 2 is 1.61 bits per heavy atom. The van der Waals surface area contributed by atoms with Crippen LogP contribution in [0.5, 0.6) is 5.75 Å². The van der Waals surface area contributed by atoms with E-state index in [0.29, 0.717) is 18.7 Å². The molecule has 0 saturated carbocycles. The van der Waals surface area contributed by atoms with E-state index in [1.807, 2.05) is 36.4 Å². The SMILES string of the molecule is COc1ccc([C@@H](CNC(=O)CCNC(=O)c2ccc(C(C)(C)C)cc2)N2CCCC2)cc1. The Hall–Kier alpha value is -2.86. The number of benzene rings is 2. The molecule has 1 fully saturated rings. The first kappa shape index (κ1) is 24.8. The first-order chi connectivity index (χ1) is 15.8. The average molecular weight is 452 g/mol. The van der Waals surface area contributed by atoms with Crippen molar-refractivity contribution >= 4 is 11.8 Å². The number of ether oxygens (including phenoxy) is 1. The molecule has 1 atom stereocenters. The normalized spacial score (nSPS) is 15.2. The maximum absolute atomic E-state index is 12.5. The van der Waals surface area contributed by atoms with Gasteiger partial charge in [0.1, 0.15) is 5.75 Å². The molecule has 0 aliphatic carbocycles. The van der Waals surface area contributed by atoms with Gasteiger partial charge in [-0.3, -0.25) is 14.5 Å². The lowest BCUT2D eigenvalue weighted by atomic mass is 9.87. The molecule has 33 heavy (non-hydrogen) atoms. The molecule has 0 bridgehead atoms. The Balaban J connectivity index is 1.48. The van der Waals surface area contributed by atoms with Gasteiger partial charge in [0, 0.05) is 25.1 Å². The molecule has 2 amide bonds. The third-order valence-electron chi connectivity index (χ3n) is 6.23. The van der Waals surface area contributed by atoms with E-state index < -0.39 is 0 Å². The lowest BCUT2D eigenvalue weighted by Gasteiger charge is -2.28. The molecule has 6 nitrogen and oxygen atoms in total. The summed E-state index contributed by atoms with van der Waals surface area (Å²) in [5.74, 6) is 0.610. The molecule has 1 saturated heterocycles. The largest absolute Gasteiger partial charge is 0.497 e. The maximum Gasteiger partial charge on any atom is 0.251 e. The van der Waals surface area contributed by atoms with Gasteiger partial charge in [-0.15, -0.1) is 0 Å². The average Bonchev–Trinajstić information content (AvgIpc) is 3.33. The Labute approximate surface area is 197 Å². The molecule has 0 spiro atoms. The van der Waals surface area contributed by atoms with Crippen molar-refractivity contribution in [2.75, 3.05) is 33.3 Å². The third-order valence-corrected chi connectivity index (χ3v) is 6.23. The second kappa shape index (κ2) is 11.3. The lowest BCUT2D eigenvalue weighted by molar-refractivity contribution is -0.121. The minimum atomic E-state index is -0.156. The van der Waals surface area contributed by atoms with Crippen LogP contribution in [-0.2, 0) is 10.2 Å². The molecule has 3 rings (SSSR count). The Bertz CT molecular complexity index is 911. The van der Waals surface area contributed by atoms with E-state index in [9.17, 15) is 9.59 Å². The fourth-order valence-electron chi connectivity index (χ4n) is 4.15. The summed E-state index contributed by atoms with van der Waals surface area (Å²) in [5, 5.41) is 5.91. The number of carbonyl (C=O) groups is 2. The molecule has 2 N–H and O–H groups in total. The van der Waals surface area contributed by atoms with Crippen LogP contribution in [0.15, 0.2) is 48.5 Å². The van der Waals surface area contributed by atoms with Gasteiger partial charge in [-0.25, -0.2) is 0 Å². The van der Waals surface area contributed by atoms with Gasteiger partial charge >= 0.3 is 0 Å². The van der Waals surface area contributed by atoms with Crippen molar-refractivity contribution in [1.29, 1.82) is 0 Å². The molecular weight excluding hydrogens is 414 g/mol. The number of hydrogen-bond donors (Lipinski definition) is 2. The van der Waals surface area contributed by atoms with Crippen LogP contribution < -0.4 is 15.4 Å². The van der Waals surface area contributed by atoms with E-state index in [1.165, 1.54) is 24.0 Å². The molecular formula is C27H37N3O3. The van der Waals surface area contributed by atoms with Crippen molar-refractivity contribution in [3.05, 3.63) is 65.2 Å². The lowest BCUT2D eigenvalue weighted by Crippen LogP contribution is -2.38. The third kappa shape index (κ3) is 7.06. The molecule has 1 aliphatic heterocycles. The molecule has 2 aromatic carbocycles. The monoisotopic (exact) mass is 451 g/mol. The van der Waals surface area contributed by atoms with Crippen molar-refractivity contribution in [2.24, 2.45) is 0 Å². The molecule has 2 aromatic rings. The zero-order valence-corrected chi connectivity index (χ0v) is 20.3. The fourth-order valence-corrected chi connectivity index (χ4v) is 4.15. The number of nitrogens with zero attached hydrogens (tertiary/aromatic N) is 1. The predicted octanol–water partition coefficient (Wildman–Crippen LogP) is 4.07. The molecule has 0 unspecified atom stereocenters. The summed E-state index contributed by atoms with van der Waals surface area (Å²) < 4.78 is 5.27. The fraction of sp³-hybridized carbons (Fsp3) is 0.481. The number of amides is 2. The molecule has 178 valence electrons. The van der Waals surface area contributed by atoms with Crippen molar-refractivity contribution in [3.63, 3.8) is 0 Å². The number of rotatable bonds is 9. The number of carbonyl (C=O) groups excluding carboxylic acids is 2. The van der Waals surface area contributed by atoms with E-state index in [4.69, 9.17) is 4.74 Å². The summed E-state index contributed by atoms with van der Waals surface area (Å²) in [4.78, 5) is 27.3. The number of nitrogens with one attached hydrogen (secondary N) is 2. The second-order valence-electron chi connectivity index (χ2n) is 9.67. The van der Waals surface area contributed by atoms with Crippen LogP contribution in [0.1, 0.15) is 67.6 Å². The van der Waals surface area contributed by atoms with Gasteiger partial charge in [-0.2, -0.15) is 0 Å². The van der Waals surface area contributed by atoms with E-state index >= 15 is 0 Å². The van der Waals surface area contributed by atoms with Crippen LogP contribution in [0.3, 0.4) is 0 Å². The summed E-state index contributed by atoms with van der Waals surface area (Å²) in [6.07, 6.45) is 2.62. The van der Waals surface area contributed by atoms with E-state index in [1.54, 1.807) is 7.11 Å². The summed E-state index contributed by atoms with van der Waals surface area (Å²) in [6.45, 7) is 9.36. The highest BCUT2D eigenvalue weighted by Crippen LogP contribution is 2.26. The van der Waals surface area contributed by atoms with Crippen LogP contribution in [0.25, 0.3) is 0 Å². The highest BCUT2D eigenvalue weighted by molar-refractivity contribution is 5.94. The van der Waals surface area contributed by atoms with E-state index in [2.05, 4.69) is 48.4 Å². The topological polar surface area (TPSA) is 70.7 Å². The maximum atomic E-state index is 12.5. The standard InChI is InChI=1S/C27H37N3O3/c1-27(2,3)22-11-7-21(8-12-22)26(32)28-16-15-25(31)29-19-24(30-17-5-6-18-30)20-9-13-23(33-4)14-10-20/h7-14,24H,5-6,15-19H2,1-4H3,(H,28,32)(H,29,31)/t24-/m1/s1. The van der Waals surface area contributed by atoms with Crippen molar-refractivity contribution < 1.29 is 14.3 Å². The van der Waals surface area contributed by atoms with Crippen LogP contribution >= 0.6 is 0 Å². The summed E-state index contributed by atoms with van der Waals surface area (Å²) in [6, 6.07) is 15.8. The van der Waals surface area contributed by atoms with Crippen LogP contribution in [0, 0.1) is 0 Å². The van der Waals surface area contributed by atoms with Gasteiger partial charge in [0.2, 0.25) is 5.91 Å². The summed E-state index contributed by atoms with van der Waals surface area (Å²) >= 11 is 0. The number of likely N-dealkylation sites (tertiary alicyclic amines) is 1. The number of hydrogen-bond acceptors (Lipinski definition) is 4. The predicted molar refractivity (Wildman–Crippen MR) is 132 cm³/mol. The van der Waals surface area contributed by atoms with Gasteiger partial charge in [0.05, 0.1) is 13.2 Å². The van der Waals surface area contributed by atoms with Crippen molar-refractivity contribution in [2.45, 2.75) is 51.5 Å². The van der Waals surface area contributed by atoms with Crippen LogP contribution in [0.4, 0.5) is 0 Å². The molecule has 0 aromatic heterocycles. The molecule has 0 radical (unpaired) electrons. The zero-order chi connectivity index (χ0) is 23.8. The summed E-state index contributed by atoms with van der Waals surface area (Å²) in [5.41, 5.74) is 3.01. The summed E-state index contributed by atoms with van der Waals surface area (Å²) in [7, 11) is 1.66. The van der Waals surface area contributed by atoms with Gasteiger partial charge < -0.3 is 15.4 Å². The van der Waals surface area contributed by atoms with Crippen LogP contribution in [0.2, 0.25) is 0 Å². The Morgan fingerprint density at radius 3 is 2.18 bits per heavy atom. The van der Waals surface area contributed by atoms with Crippen LogP contribution in [-0.4, -0.2) is 50.0 Å². The smallest absolute Gasteiger partial charge is 0.251 e. The van der Waals surface area contributed by atoms with E-state index in [-0.39, 0.29) is 29.7 Å². The van der Waals surface area contributed by atoms with Gasteiger partial charge in [0.15, 0.2) is 0 Å². The highest BCUT2D eigenvalue weighted by atomic mass is 16.5. The second-order valence-corrected chi connectivity index (χ2v) is 9.67. The first-order valence-corrected chi connectivity index (χ1v) is 11.8.